The quantitative estimate of drug-likeness (QED) is 0.158. The average Bonchev–Trinajstić information content (AvgIpc) is 2.96. The molecule has 1 saturated heterocycles. The van der Waals surface area contributed by atoms with Crippen molar-refractivity contribution in [1.82, 2.24) is 5.32 Å². The van der Waals surface area contributed by atoms with Crippen LogP contribution in [0.5, 0.6) is 11.5 Å². The van der Waals surface area contributed by atoms with Crippen molar-refractivity contribution in [1.29, 1.82) is 0 Å². The summed E-state index contributed by atoms with van der Waals surface area (Å²) in [5.41, 5.74) is 3.72. The first-order valence-corrected chi connectivity index (χ1v) is 18.2. The Labute approximate surface area is 271 Å². The number of phenols is 2. The van der Waals surface area contributed by atoms with Crippen molar-refractivity contribution in [3.63, 3.8) is 0 Å². The summed E-state index contributed by atoms with van der Waals surface area (Å²) in [6.45, 7) is 13.5. The van der Waals surface area contributed by atoms with Crippen LogP contribution in [0, 0.1) is 5.92 Å². The summed E-state index contributed by atoms with van der Waals surface area (Å²) < 4.78 is 15.9. The van der Waals surface area contributed by atoms with Gasteiger partial charge in [-0.1, -0.05) is 66.2 Å². The van der Waals surface area contributed by atoms with E-state index < -0.39 is 14.5 Å². The molecular formula is C33H47N3O5Si3. The highest BCUT2D eigenvalue weighted by molar-refractivity contribution is 6.66. The molecule has 0 aromatic heterocycles. The van der Waals surface area contributed by atoms with Gasteiger partial charge in [-0.15, -0.1) is 0 Å². The van der Waals surface area contributed by atoms with Crippen LogP contribution in [-0.2, 0) is 23.5 Å². The predicted octanol–water partition coefficient (Wildman–Crippen LogP) is 5.94. The Morgan fingerprint density at radius 3 is 2.36 bits per heavy atom. The molecule has 2 aliphatic rings. The summed E-state index contributed by atoms with van der Waals surface area (Å²) >= 11 is 0. The fraction of sp³-hybridized carbons (Fsp3) is 0.576. The second kappa shape index (κ2) is 13.7. The molecule has 6 radical (unpaired) electrons. The zero-order valence-corrected chi connectivity index (χ0v) is 30.2. The van der Waals surface area contributed by atoms with Gasteiger partial charge < -0.3 is 22.9 Å². The molecule has 11 heteroatoms. The molecule has 8 nitrogen and oxygen atoms in total. The number of phenolic OH excluding ortho intramolecular Hbond substituents is 2. The zero-order valence-electron chi connectivity index (χ0n) is 27.2. The van der Waals surface area contributed by atoms with Gasteiger partial charge in [0.15, 0.2) is 0 Å². The summed E-state index contributed by atoms with van der Waals surface area (Å²) in [5, 5.41) is 26.3. The van der Waals surface area contributed by atoms with Gasteiger partial charge in [0, 0.05) is 66.3 Å². The Hall–Kier alpha value is -2.13. The number of nitrogens with one attached hydrogen (secondary N) is 1. The average molecular weight is 650 g/mol. The van der Waals surface area contributed by atoms with Crippen LogP contribution in [0.25, 0.3) is 0 Å². The normalized spacial score (nSPS) is 22.8. The number of aliphatic imine (C=N–C) groups is 2. The Morgan fingerprint density at radius 1 is 1.00 bits per heavy atom. The third kappa shape index (κ3) is 7.30. The minimum atomic E-state index is -2.79. The van der Waals surface area contributed by atoms with Crippen LogP contribution in [-0.4, -0.2) is 71.7 Å². The molecule has 4 rings (SSSR count). The maximum absolute atomic E-state index is 11.3. The lowest BCUT2D eigenvalue weighted by molar-refractivity contribution is -0.000739. The molecule has 0 spiro atoms. The summed E-state index contributed by atoms with van der Waals surface area (Å²) in [7, 11) is 4.87. The maximum Gasteiger partial charge on any atom is 0.479 e. The van der Waals surface area contributed by atoms with Crippen molar-refractivity contribution in [2.24, 2.45) is 15.9 Å². The molecule has 0 amide bonds. The van der Waals surface area contributed by atoms with E-state index in [0.29, 0.717) is 30.3 Å². The Bertz CT molecular complexity index is 1360. The molecule has 236 valence electrons. The second-order valence-corrected chi connectivity index (χ2v) is 18.0. The topological polar surface area (TPSA) is 105 Å². The number of fused-ring (bicyclic) bond motifs is 1. The fourth-order valence-corrected chi connectivity index (χ4v) is 9.13. The zero-order chi connectivity index (χ0) is 32.3. The van der Waals surface area contributed by atoms with E-state index in [0.717, 1.165) is 42.4 Å². The van der Waals surface area contributed by atoms with Crippen molar-refractivity contribution in [3.8, 4) is 11.5 Å². The lowest BCUT2D eigenvalue weighted by Gasteiger charge is -2.57. The maximum atomic E-state index is 11.3. The van der Waals surface area contributed by atoms with E-state index >= 15 is 0 Å². The predicted molar refractivity (Wildman–Crippen MR) is 180 cm³/mol. The highest BCUT2D eigenvalue weighted by atomic mass is 28.4. The van der Waals surface area contributed by atoms with E-state index in [2.05, 4.69) is 85.0 Å². The minimum absolute atomic E-state index is 0.0134. The molecule has 2 aromatic rings. The molecule has 1 unspecified atom stereocenters. The number of nitrogens with zero attached hydrogens (tertiary/aromatic N) is 2. The number of aromatic hydroxyl groups is 2. The van der Waals surface area contributed by atoms with Crippen molar-refractivity contribution in [2.45, 2.75) is 102 Å². The van der Waals surface area contributed by atoms with E-state index in [1.807, 2.05) is 24.4 Å². The van der Waals surface area contributed by atoms with Gasteiger partial charge in [-0.3, -0.25) is 15.3 Å². The molecule has 2 fully saturated rings. The van der Waals surface area contributed by atoms with Crippen LogP contribution in [0.1, 0.15) is 108 Å². The number of hydrogen-bond acceptors (Lipinski definition) is 8. The highest BCUT2D eigenvalue weighted by Crippen LogP contribution is 2.53. The molecule has 1 aliphatic heterocycles. The first-order chi connectivity index (χ1) is 20.7. The first-order valence-electron chi connectivity index (χ1n) is 15.5. The number of hydrogen-bond donors (Lipinski definition) is 3. The van der Waals surface area contributed by atoms with E-state index in [9.17, 15) is 10.2 Å². The summed E-state index contributed by atoms with van der Waals surface area (Å²) in [6, 6.07) is 10.6. The van der Waals surface area contributed by atoms with Crippen LogP contribution in [0.15, 0.2) is 40.3 Å². The number of para-hydroxylation sites is 1. The Balaban J connectivity index is 1.54. The lowest BCUT2D eigenvalue weighted by atomic mass is 9.66. The molecule has 1 saturated carbocycles. The van der Waals surface area contributed by atoms with Gasteiger partial charge in [0.05, 0.1) is 0 Å². The van der Waals surface area contributed by atoms with Gasteiger partial charge in [0.25, 0.3) is 0 Å². The Kier molecular flexibility index (Phi) is 10.8. The molecule has 0 bridgehead atoms. The molecule has 1 aliphatic carbocycles. The van der Waals surface area contributed by atoms with E-state index in [1.165, 1.54) is 5.56 Å². The number of benzene rings is 2. The summed E-state index contributed by atoms with van der Waals surface area (Å²) in [4.78, 5) is 9.70. The summed E-state index contributed by atoms with van der Waals surface area (Å²) in [5.74, 6) is 0.781. The molecule has 3 N–H and O–H groups in total. The first kappa shape index (κ1) is 34.7. The van der Waals surface area contributed by atoms with Crippen LogP contribution in [0.2, 0.25) is 6.04 Å². The summed E-state index contributed by atoms with van der Waals surface area (Å²) in [6.07, 6.45) is 8.44. The monoisotopic (exact) mass is 649 g/mol. The van der Waals surface area contributed by atoms with Crippen LogP contribution in [0.4, 0.5) is 0 Å². The van der Waals surface area contributed by atoms with Crippen LogP contribution < -0.4 is 5.32 Å². The van der Waals surface area contributed by atoms with Gasteiger partial charge in [-0.25, -0.2) is 0 Å². The van der Waals surface area contributed by atoms with E-state index in [-0.39, 0.29) is 28.5 Å². The van der Waals surface area contributed by atoms with Gasteiger partial charge in [-0.05, 0) is 54.2 Å². The molecule has 3 atom stereocenters. The number of rotatable bonds is 11. The smallest absolute Gasteiger partial charge is 0.479 e. The van der Waals surface area contributed by atoms with Crippen LogP contribution >= 0.6 is 0 Å². The van der Waals surface area contributed by atoms with Crippen molar-refractivity contribution in [2.75, 3.05) is 13.7 Å². The molecule has 1 heterocycles. The van der Waals surface area contributed by atoms with E-state index in [1.54, 1.807) is 13.3 Å². The highest BCUT2D eigenvalue weighted by Gasteiger charge is 2.55. The second-order valence-electron chi connectivity index (χ2n) is 14.1. The largest absolute Gasteiger partial charge is 0.507 e. The van der Waals surface area contributed by atoms with Crippen molar-refractivity contribution < 1.29 is 22.9 Å². The minimum Gasteiger partial charge on any atom is -0.507 e. The Morgan fingerprint density at radius 2 is 1.73 bits per heavy atom. The van der Waals surface area contributed by atoms with Crippen molar-refractivity contribution in [3.05, 3.63) is 58.1 Å². The van der Waals surface area contributed by atoms with Gasteiger partial charge >= 0.3 is 8.80 Å². The molecule has 44 heavy (non-hydrogen) atoms. The van der Waals surface area contributed by atoms with E-state index in [4.69, 9.17) is 17.6 Å². The molecule has 2 aromatic carbocycles. The molecular weight excluding hydrogens is 603 g/mol. The third-order valence-electron chi connectivity index (χ3n) is 9.05. The van der Waals surface area contributed by atoms with Gasteiger partial charge in [0.2, 0.25) is 21.0 Å². The van der Waals surface area contributed by atoms with Gasteiger partial charge in [-0.2, -0.15) is 0 Å². The third-order valence-corrected chi connectivity index (χ3v) is 13.1. The fourth-order valence-electron chi connectivity index (χ4n) is 6.31. The van der Waals surface area contributed by atoms with Crippen LogP contribution in [0.3, 0.4) is 0 Å². The van der Waals surface area contributed by atoms with Crippen molar-refractivity contribution >= 4 is 42.2 Å². The SMILES string of the molecule is CO[Si](CCCN=Cc1cccc(C2N[C@@]3(/N=C/c4cc(C(C)(C)C)cc(C(C)(C)C)c4O)CCCC[C@@H]23)c1O)(O[Si])O[Si]. The standard InChI is InChI=1S/C33H47N3O5Si3/c1-31(2,3)24-18-23(30(38)27(19-24)32(4,5)6)21-35-33-15-9-8-14-26(33)28(36-33)25-13-10-12-22(29(25)37)20-34-16-11-17-44(39-7,40-42)41-43/h10,12-13,18-21,26,28,36-38H,8-9,11,14-17H2,1-7H3/b34-20?,35-21+/t26-,28?,33-/m0/s1. The van der Waals surface area contributed by atoms with Gasteiger partial charge in [0.1, 0.15) is 17.2 Å². The lowest BCUT2D eigenvalue weighted by Crippen LogP contribution is -2.66.